The molecule has 0 radical (unpaired) electrons. The van der Waals surface area contributed by atoms with Crippen LogP contribution in [0.25, 0.3) is 0 Å². The zero-order chi connectivity index (χ0) is 33.6. The fraction of sp³-hybridized carbons (Fsp3) is 0.385. The van der Waals surface area contributed by atoms with Gasteiger partial charge in [-0.15, -0.1) is 0 Å². The van der Waals surface area contributed by atoms with Crippen LogP contribution >= 0.6 is 0 Å². The highest BCUT2D eigenvalue weighted by Crippen LogP contribution is 2.42. The molecule has 0 saturated carbocycles. The summed E-state index contributed by atoms with van der Waals surface area (Å²) in [6.45, 7) is 7.29. The number of hydrogen-bond acceptors (Lipinski definition) is 8. The van der Waals surface area contributed by atoms with Gasteiger partial charge in [0.25, 0.3) is 0 Å². The Morgan fingerprint density at radius 2 is 0.702 bits per heavy atom. The molecule has 0 aromatic heterocycles. The summed E-state index contributed by atoms with van der Waals surface area (Å²) in [6, 6.07) is 38.0. The van der Waals surface area contributed by atoms with Crippen LogP contribution in [0.4, 0.5) is 0 Å². The number of aliphatic hydroxyl groups excluding tert-OH is 3. The lowest BCUT2D eigenvalue weighted by Crippen LogP contribution is -2.35. The fourth-order valence-electron chi connectivity index (χ4n) is 6.22. The number of benzene rings is 4. The molecule has 8 nitrogen and oxygen atoms in total. The summed E-state index contributed by atoms with van der Waals surface area (Å²) < 4.78 is 29.6. The Kier molecular flexibility index (Phi) is 11.3. The molecule has 0 amide bonds. The molecule has 2 unspecified atom stereocenters. The van der Waals surface area contributed by atoms with Crippen molar-refractivity contribution >= 4 is 0 Å². The molecule has 2 aliphatic heterocycles. The highest BCUT2D eigenvalue weighted by atomic mass is 16.8. The zero-order valence-corrected chi connectivity index (χ0v) is 27.5. The first-order chi connectivity index (χ1) is 22.5. The monoisotopic (exact) mass is 642 g/mol. The average molecular weight is 643 g/mol. The second-order valence-electron chi connectivity index (χ2n) is 12.8. The van der Waals surface area contributed by atoms with Gasteiger partial charge in [0, 0.05) is 7.11 Å². The van der Waals surface area contributed by atoms with E-state index in [0.717, 1.165) is 22.3 Å². The molecule has 8 atom stereocenters. The van der Waals surface area contributed by atoms with Gasteiger partial charge >= 0.3 is 0 Å². The molecule has 47 heavy (non-hydrogen) atoms. The van der Waals surface area contributed by atoms with Gasteiger partial charge in [-0.25, -0.2) is 0 Å². The molecule has 4 aromatic carbocycles. The minimum Gasteiger partial charge on any atom is -0.386 e. The lowest BCUT2D eigenvalue weighted by Gasteiger charge is -2.28. The summed E-state index contributed by atoms with van der Waals surface area (Å²) in [5, 5.41) is 32.3. The van der Waals surface area contributed by atoms with Crippen LogP contribution in [0.2, 0.25) is 0 Å². The van der Waals surface area contributed by atoms with Gasteiger partial charge in [-0.1, -0.05) is 121 Å². The molecule has 2 saturated heterocycles. The van der Waals surface area contributed by atoms with Crippen LogP contribution in [0.1, 0.15) is 74.4 Å². The third-order valence-corrected chi connectivity index (χ3v) is 8.36. The van der Waals surface area contributed by atoms with Crippen molar-refractivity contribution in [3.8, 4) is 0 Å². The summed E-state index contributed by atoms with van der Waals surface area (Å²) in [5.41, 5.74) is 3.28. The molecule has 0 aliphatic carbocycles. The Hall–Kier alpha value is -3.44. The van der Waals surface area contributed by atoms with Crippen LogP contribution in [-0.4, -0.2) is 58.4 Å². The van der Waals surface area contributed by atoms with Crippen LogP contribution in [0.5, 0.6) is 0 Å². The van der Waals surface area contributed by atoms with Crippen molar-refractivity contribution in [3.05, 3.63) is 144 Å². The van der Waals surface area contributed by atoms with E-state index >= 15 is 0 Å². The van der Waals surface area contributed by atoms with Crippen molar-refractivity contribution in [3.63, 3.8) is 0 Å². The molecular formula is C39H46O8. The lowest BCUT2D eigenvalue weighted by atomic mass is 9.94. The molecule has 8 heteroatoms. The number of hydrogen-bond donors (Lipinski definition) is 3. The summed E-state index contributed by atoms with van der Waals surface area (Å²) >= 11 is 0. The number of rotatable bonds is 9. The quantitative estimate of drug-likeness (QED) is 0.188. The third-order valence-electron chi connectivity index (χ3n) is 8.36. The maximum Gasteiger partial charge on any atom is 0.164 e. The molecule has 2 fully saturated rings. The summed E-state index contributed by atoms with van der Waals surface area (Å²) in [6.07, 6.45) is -5.10. The van der Waals surface area contributed by atoms with Crippen LogP contribution in [-0.2, 0) is 23.7 Å². The number of aliphatic hydroxyl groups is 3. The molecule has 6 rings (SSSR count). The van der Waals surface area contributed by atoms with Gasteiger partial charge < -0.3 is 39.0 Å². The first kappa shape index (κ1) is 34.9. The van der Waals surface area contributed by atoms with E-state index in [2.05, 4.69) is 0 Å². The lowest BCUT2D eigenvalue weighted by molar-refractivity contribution is -0.162. The van der Waals surface area contributed by atoms with Crippen molar-refractivity contribution in [2.75, 3.05) is 7.11 Å². The first-order valence-corrected chi connectivity index (χ1v) is 16.0. The Morgan fingerprint density at radius 1 is 0.447 bits per heavy atom. The minimum absolute atomic E-state index is 0.323. The van der Waals surface area contributed by atoms with Crippen molar-refractivity contribution < 1.29 is 39.0 Å². The second-order valence-corrected chi connectivity index (χ2v) is 12.8. The Labute approximate surface area is 277 Å². The first-order valence-electron chi connectivity index (χ1n) is 16.0. The van der Waals surface area contributed by atoms with E-state index in [-0.39, 0.29) is 6.10 Å². The van der Waals surface area contributed by atoms with E-state index in [1.807, 2.05) is 135 Å². The number of methoxy groups -OCH3 is 1. The SMILES string of the molecule is CC1(C)OC([C@H](O)c2ccccc2)[C@H]([C@H](O)c2ccccc2)O1.CO[C@H](c1ccccc1)[C@@H]1OC(C)(C)OC1[C@H](O)c1ccccc1. The van der Waals surface area contributed by atoms with E-state index in [1.54, 1.807) is 21.0 Å². The Bertz CT molecular complexity index is 1440. The van der Waals surface area contributed by atoms with E-state index in [4.69, 9.17) is 23.7 Å². The molecule has 2 heterocycles. The predicted molar refractivity (Wildman–Crippen MR) is 178 cm³/mol. The van der Waals surface area contributed by atoms with Crippen molar-refractivity contribution in [1.82, 2.24) is 0 Å². The van der Waals surface area contributed by atoms with Crippen LogP contribution in [0.3, 0.4) is 0 Å². The van der Waals surface area contributed by atoms with Gasteiger partial charge in [-0.3, -0.25) is 0 Å². The smallest absolute Gasteiger partial charge is 0.164 e. The standard InChI is InChI=1S/C20H24O4.C19H22O4/c1-20(2)23-18(16(21)14-10-6-4-7-11-14)19(24-20)17(22-3)15-12-8-5-9-13-15;1-19(2)22-17(15(20)13-9-5-3-6-10-13)18(23-19)16(21)14-11-7-4-8-12-14/h4-13,16-19,21H,1-3H3;3-12,15-18,20-21H,1-2H3/t16-,17-,18?,19+;15-,16-,17+,18?/m11/s1. The maximum atomic E-state index is 10.9. The molecule has 3 N–H and O–H groups in total. The highest BCUT2D eigenvalue weighted by molar-refractivity contribution is 5.24. The summed E-state index contributed by atoms with van der Waals surface area (Å²) in [4.78, 5) is 0. The van der Waals surface area contributed by atoms with E-state index < -0.39 is 54.3 Å². The van der Waals surface area contributed by atoms with E-state index in [0.29, 0.717) is 0 Å². The van der Waals surface area contributed by atoms with Crippen molar-refractivity contribution in [1.29, 1.82) is 0 Å². The maximum absolute atomic E-state index is 10.9. The number of ether oxygens (including phenoxy) is 5. The fourth-order valence-corrected chi connectivity index (χ4v) is 6.22. The van der Waals surface area contributed by atoms with Gasteiger partial charge in [-0.05, 0) is 49.9 Å². The van der Waals surface area contributed by atoms with Gasteiger partial charge in [-0.2, -0.15) is 0 Å². The van der Waals surface area contributed by atoms with Crippen molar-refractivity contribution in [2.24, 2.45) is 0 Å². The normalized spacial score (nSPS) is 25.6. The highest BCUT2D eigenvalue weighted by Gasteiger charge is 2.50. The topological polar surface area (TPSA) is 107 Å². The Morgan fingerprint density at radius 3 is 1.00 bits per heavy atom. The molecule has 2 aliphatic rings. The molecule has 0 bridgehead atoms. The average Bonchev–Trinajstić information content (AvgIpc) is 3.60. The largest absolute Gasteiger partial charge is 0.386 e. The van der Waals surface area contributed by atoms with Gasteiger partial charge in [0.2, 0.25) is 0 Å². The Balaban J connectivity index is 0.000000185. The minimum atomic E-state index is -0.874. The third kappa shape index (κ3) is 8.54. The van der Waals surface area contributed by atoms with Crippen molar-refractivity contribution in [2.45, 2.75) is 88.1 Å². The molecule has 0 spiro atoms. The summed E-state index contributed by atoms with van der Waals surface area (Å²) in [5.74, 6) is -1.64. The zero-order valence-electron chi connectivity index (χ0n) is 27.5. The van der Waals surface area contributed by atoms with Gasteiger partial charge in [0.1, 0.15) is 48.8 Å². The molecule has 250 valence electrons. The predicted octanol–water partition coefficient (Wildman–Crippen LogP) is 6.60. The molecular weight excluding hydrogens is 596 g/mol. The van der Waals surface area contributed by atoms with Gasteiger partial charge in [0.15, 0.2) is 11.6 Å². The summed E-state index contributed by atoms with van der Waals surface area (Å²) in [7, 11) is 1.65. The second kappa shape index (κ2) is 15.2. The van der Waals surface area contributed by atoms with Crippen LogP contribution in [0, 0.1) is 0 Å². The van der Waals surface area contributed by atoms with E-state index in [9.17, 15) is 15.3 Å². The van der Waals surface area contributed by atoms with Crippen LogP contribution in [0.15, 0.2) is 121 Å². The van der Waals surface area contributed by atoms with E-state index in [1.165, 1.54) is 0 Å². The molecule has 4 aromatic rings. The van der Waals surface area contributed by atoms with Gasteiger partial charge in [0.05, 0.1) is 0 Å². The van der Waals surface area contributed by atoms with Crippen LogP contribution < -0.4 is 0 Å².